The van der Waals surface area contributed by atoms with E-state index in [1.54, 1.807) is 5.32 Å². The van der Waals surface area contributed by atoms with Gasteiger partial charge in [0.25, 0.3) is 0 Å². The van der Waals surface area contributed by atoms with Crippen molar-refractivity contribution in [2.45, 2.75) is 6.18 Å². The van der Waals surface area contributed by atoms with Gasteiger partial charge < -0.3 is 10.1 Å². The van der Waals surface area contributed by atoms with Gasteiger partial charge in [-0.2, -0.15) is 13.2 Å². The van der Waals surface area contributed by atoms with Gasteiger partial charge >= 0.3 is 12.1 Å². The van der Waals surface area contributed by atoms with E-state index in [4.69, 9.17) is 0 Å². The van der Waals surface area contributed by atoms with Gasteiger partial charge in [-0.25, -0.2) is 0 Å². The number of carbonyl (C=O) groups excluding carboxylic acids is 2. The SMILES string of the molecule is COC(=O)CNCC(=O)NCC(F)(F)F. The van der Waals surface area contributed by atoms with Crippen LogP contribution in [-0.2, 0) is 14.3 Å². The summed E-state index contributed by atoms with van der Waals surface area (Å²) in [6.45, 7) is -1.98. The summed E-state index contributed by atoms with van der Waals surface area (Å²) in [4.78, 5) is 21.2. The van der Waals surface area contributed by atoms with Gasteiger partial charge in [0.15, 0.2) is 0 Å². The smallest absolute Gasteiger partial charge is 0.405 e. The Balaban J connectivity index is 3.54. The lowest BCUT2D eigenvalue weighted by atomic mass is 10.5. The number of nitrogens with one attached hydrogen (secondary N) is 2. The first-order chi connectivity index (χ1) is 6.85. The van der Waals surface area contributed by atoms with E-state index in [9.17, 15) is 22.8 Å². The summed E-state index contributed by atoms with van der Waals surface area (Å²) in [6, 6.07) is 0. The van der Waals surface area contributed by atoms with Crippen molar-refractivity contribution in [3.05, 3.63) is 0 Å². The summed E-state index contributed by atoms with van der Waals surface area (Å²) in [6.07, 6.45) is -4.43. The Bertz CT molecular complexity index is 230. The summed E-state index contributed by atoms with van der Waals surface area (Å²) in [5.74, 6) is -1.44. The number of rotatable bonds is 5. The molecule has 88 valence electrons. The zero-order valence-corrected chi connectivity index (χ0v) is 7.98. The third-order valence-electron chi connectivity index (χ3n) is 1.27. The van der Waals surface area contributed by atoms with Crippen molar-refractivity contribution in [2.75, 3.05) is 26.7 Å². The van der Waals surface area contributed by atoms with E-state index >= 15 is 0 Å². The summed E-state index contributed by atoms with van der Waals surface area (Å²) >= 11 is 0. The van der Waals surface area contributed by atoms with Crippen LogP contribution >= 0.6 is 0 Å². The number of ether oxygens (including phenoxy) is 1. The van der Waals surface area contributed by atoms with Gasteiger partial charge in [0, 0.05) is 0 Å². The molecule has 1 amide bonds. The molecule has 0 rings (SSSR count). The van der Waals surface area contributed by atoms with Crippen molar-refractivity contribution in [2.24, 2.45) is 0 Å². The maximum atomic E-state index is 11.6. The molecule has 0 aliphatic rings. The van der Waals surface area contributed by atoms with Crippen molar-refractivity contribution < 1.29 is 27.5 Å². The highest BCUT2D eigenvalue weighted by molar-refractivity contribution is 5.79. The molecule has 0 saturated heterocycles. The molecule has 0 bridgehead atoms. The molecule has 0 heterocycles. The number of amides is 1. The molecule has 0 atom stereocenters. The minimum absolute atomic E-state index is 0.226. The third-order valence-corrected chi connectivity index (χ3v) is 1.27. The van der Waals surface area contributed by atoms with Gasteiger partial charge in [-0.1, -0.05) is 0 Å². The molecule has 2 N–H and O–H groups in total. The maximum absolute atomic E-state index is 11.6. The average molecular weight is 228 g/mol. The Kier molecular flexibility index (Phi) is 5.68. The number of alkyl halides is 3. The lowest BCUT2D eigenvalue weighted by Crippen LogP contribution is -2.40. The molecule has 5 nitrogen and oxygen atoms in total. The Hall–Kier alpha value is -1.31. The Morgan fingerprint density at radius 2 is 1.87 bits per heavy atom. The van der Waals surface area contributed by atoms with Gasteiger partial charge in [-0.05, 0) is 0 Å². The summed E-state index contributed by atoms with van der Waals surface area (Å²) < 4.78 is 39.1. The molecule has 8 heteroatoms. The molecule has 0 fully saturated rings. The highest BCUT2D eigenvalue weighted by atomic mass is 19.4. The minimum Gasteiger partial charge on any atom is -0.468 e. The number of halogens is 3. The van der Waals surface area contributed by atoms with Crippen molar-refractivity contribution in [1.29, 1.82) is 0 Å². The van der Waals surface area contributed by atoms with E-state index in [1.807, 2.05) is 0 Å². The highest BCUT2D eigenvalue weighted by Gasteiger charge is 2.27. The predicted molar refractivity (Wildman–Crippen MR) is 44.0 cm³/mol. The first kappa shape index (κ1) is 13.7. The van der Waals surface area contributed by atoms with Gasteiger partial charge in [-0.15, -0.1) is 0 Å². The molecule has 15 heavy (non-hydrogen) atoms. The van der Waals surface area contributed by atoms with E-state index in [-0.39, 0.29) is 13.1 Å². The number of methoxy groups -OCH3 is 1. The van der Waals surface area contributed by atoms with Crippen LogP contribution in [0.5, 0.6) is 0 Å². The molecule has 0 aromatic rings. The quantitative estimate of drug-likeness (QED) is 0.618. The fourth-order valence-electron chi connectivity index (χ4n) is 0.612. The zero-order chi connectivity index (χ0) is 11.9. The topological polar surface area (TPSA) is 67.4 Å². The van der Waals surface area contributed by atoms with Crippen LogP contribution in [-0.4, -0.2) is 44.8 Å². The molecule has 0 aromatic carbocycles. The van der Waals surface area contributed by atoms with Gasteiger partial charge in [0.2, 0.25) is 5.91 Å². The summed E-state index contributed by atoms with van der Waals surface area (Å²) in [7, 11) is 1.16. The van der Waals surface area contributed by atoms with E-state index in [2.05, 4.69) is 10.1 Å². The minimum atomic E-state index is -4.43. The van der Waals surface area contributed by atoms with Crippen molar-refractivity contribution in [3.8, 4) is 0 Å². The van der Waals surface area contributed by atoms with Gasteiger partial charge in [-0.3, -0.25) is 14.9 Å². The van der Waals surface area contributed by atoms with Crippen LogP contribution < -0.4 is 10.6 Å². The van der Waals surface area contributed by atoms with Crippen LogP contribution in [0.15, 0.2) is 0 Å². The molecule has 0 unspecified atom stereocenters. The van der Waals surface area contributed by atoms with Crippen LogP contribution in [0.4, 0.5) is 13.2 Å². The summed E-state index contributed by atoms with van der Waals surface area (Å²) in [5.41, 5.74) is 0. The number of hydrogen-bond donors (Lipinski definition) is 2. The summed E-state index contributed by atoms with van der Waals surface area (Å²) in [5, 5.41) is 3.95. The Morgan fingerprint density at radius 3 is 2.33 bits per heavy atom. The molecule has 0 aromatic heterocycles. The molecule has 0 saturated carbocycles. The lowest BCUT2D eigenvalue weighted by Gasteiger charge is -2.08. The highest BCUT2D eigenvalue weighted by Crippen LogP contribution is 2.11. The third kappa shape index (κ3) is 9.01. The van der Waals surface area contributed by atoms with Crippen LogP contribution in [0.1, 0.15) is 0 Å². The second-order valence-electron chi connectivity index (χ2n) is 2.57. The fourth-order valence-corrected chi connectivity index (χ4v) is 0.612. The maximum Gasteiger partial charge on any atom is 0.405 e. The van der Waals surface area contributed by atoms with E-state index in [1.165, 1.54) is 0 Å². The normalized spacial score (nSPS) is 10.9. The molecular formula is C7H11F3N2O3. The first-order valence-electron chi connectivity index (χ1n) is 3.96. The number of hydrogen-bond acceptors (Lipinski definition) is 4. The van der Waals surface area contributed by atoms with E-state index in [0.717, 1.165) is 7.11 Å². The second kappa shape index (κ2) is 6.23. The van der Waals surface area contributed by atoms with Crippen molar-refractivity contribution in [1.82, 2.24) is 10.6 Å². The zero-order valence-electron chi connectivity index (χ0n) is 7.98. The molecule has 0 radical (unpaired) electrons. The standard InChI is InChI=1S/C7H11F3N2O3/c1-15-6(14)3-11-2-5(13)12-4-7(8,9)10/h11H,2-4H2,1H3,(H,12,13). The predicted octanol–water partition coefficient (Wildman–Crippen LogP) is -0.573. The largest absolute Gasteiger partial charge is 0.468 e. The van der Waals surface area contributed by atoms with E-state index < -0.39 is 24.6 Å². The monoisotopic (exact) mass is 228 g/mol. The van der Waals surface area contributed by atoms with Crippen LogP contribution in [0.2, 0.25) is 0 Å². The average Bonchev–Trinajstić information content (AvgIpc) is 2.13. The van der Waals surface area contributed by atoms with E-state index in [0.29, 0.717) is 0 Å². The number of esters is 1. The van der Waals surface area contributed by atoms with Crippen LogP contribution in [0.25, 0.3) is 0 Å². The van der Waals surface area contributed by atoms with Crippen molar-refractivity contribution >= 4 is 11.9 Å². The van der Waals surface area contributed by atoms with Gasteiger partial charge in [0.05, 0.1) is 20.2 Å². The Morgan fingerprint density at radius 1 is 1.27 bits per heavy atom. The molecule has 0 spiro atoms. The van der Waals surface area contributed by atoms with Gasteiger partial charge in [0.1, 0.15) is 6.54 Å². The van der Waals surface area contributed by atoms with Crippen molar-refractivity contribution in [3.63, 3.8) is 0 Å². The number of carbonyl (C=O) groups is 2. The second-order valence-corrected chi connectivity index (χ2v) is 2.57. The molecule has 0 aliphatic carbocycles. The van der Waals surface area contributed by atoms with Crippen LogP contribution in [0, 0.1) is 0 Å². The lowest BCUT2D eigenvalue weighted by molar-refractivity contribution is -0.140. The van der Waals surface area contributed by atoms with Crippen LogP contribution in [0.3, 0.4) is 0 Å². The molecule has 0 aliphatic heterocycles. The molecular weight excluding hydrogens is 217 g/mol. The fraction of sp³-hybridized carbons (Fsp3) is 0.714. The Labute approximate surface area is 84.0 Å². The first-order valence-corrected chi connectivity index (χ1v) is 3.96.